The first-order valence-corrected chi connectivity index (χ1v) is 6.40. The van der Waals surface area contributed by atoms with Gasteiger partial charge in [0.2, 0.25) is 0 Å². The minimum Gasteiger partial charge on any atom is -0.478 e. The lowest BCUT2D eigenvalue weighted by atomic mass is 10.00. The highest BCUT2D eigenvalue weighted by atomic mass is 16.6. The summed E-state index contributed by atoms with van der Waals surface area (Å²) in [6, 6.07) is 4.41. The molecule has 6 nitrogen and oxygen atoms in total. The molecule has 2 fully saturated rings. The van der Waals surface area contributed by atoms with Gasteiger partial charge in [-0.05, 0) is 23.8 Å². The fraction of sp³-hybridized carbons (Fsp3) is 0.429. The van der Waals surface area contributed by atoms with Gasteiger partial charge in [0.15, 0.2) is 0 Å². The quantitative estimate of drug-likeness (QED) is 0.614. The second kappa shape index (κ2) is 5.22. The van der Waals surface area contributed by atoms with E-state index in [1.807, 2.05) is 0 Å². The zero-order valence-corrected chi connectivity index (χ0v) is 10.7. The van der Waals surface area contributed by atoms with E-state index in [0.717, 1.165) is 0 Å². The molecule has 2 atom stereocenters. The van der Waals surface area contributed by atoms with Gasteiger partial charge in [0.25, 0.3) is 0 Å². The van der Waals surface area contributed by atoms with Crippen molar-refractivity contribution < 1.29 is 28.9 Å². The minimum atomic E-state index is -1.02. The Kier molecular flexibility index (Phi) is 3.42. The molecule has 0 aromatic heterocycles. The molecule has 2 aliphatic rings. The predicted octanol–water partition coefficient (Wildman–Crippen LogP) is 0.882. The molecule has 1 N–H and O–H groups in total. The third kappa shape index (κ3) is 3.15. The summed E-state index contributed by atoms with van der Waals surface area (Å²) < 4.78 is 15.3. The normalized spacial score (nSPS) is 23.2. The van der Waals surface area contributed by atoms with Gasteiger partial charge in [0.05, 0.1) is 30.4 Å². The van der Waals surface area contributed by atoms with Gasteiger partial charge in [-0.3, -0.25) is 0 Å². The largest absolute Gasteiger partial charge is 0.478 e. The second-order valence-electron chi connectivity index (χ2n) is 4.89. The Morgan fingerprint density at radius 3 is 2.55 bits per heavy atom. The van der Waals surface area contributed by atoms with Crippen molar-refractivity contribution in [3.8, 4) is 0 Å². The summed E-state index contributed by atoms with van der Waals surface area (Å²) in [5.41, 5.74) is 1.20. The monoisotopic (exact) mass is 278 g/mol. The van der Waals surface area contributed by atoms with Crippen molar-refractivity contribution in [1.82, 2.24) is 0 Å². The molecule has 0 bridgehead atoms. The van der Waals surface area contributed by atoms with Crippen LogP contribution in [0.1, 0.15) is 26.3 Å². The zero-order chi connectivity index (χ0) is 14.1. The van der Waals surface area contributed by atoms with E-state index in [9.17, 15) is 9.59 Å². The maximum absolute atomic E-state index is 12.0. The van der Waals surface area contributed by atoms with Gasteiger partial charge in [0, 0.05) is 6.42 Å². The molecule has 0 saturated carbocycles. The van der Waals surface area contributed by atoms with Crippen LogP contribution in [0.4, 0.5) is 0 Å². The summed E-state index contributed by atoms with van der Waals surface area (Å²) in [6.07, 6.45) is 0.593. The third-order valence-corrected chi connectivity index (χ3v) is 3.22. The highest BCUT2D eigenvalue weighted by Crippen LogP contribution is 2.22. The first-order valence-electron chi connectivity index (χ1n) is 6.40. The van der Waals surface area contributed by atoms with Crippen molar-refractivity contribution in [3.05, 3.63) is 34.9 Å². The molecule has 0 aliphatic carbocycles. The van der Waals surface area contributed by atoms with Crippen LogP contribution in [-0.4, -0.2) is 49.1 Å². The van der Waals surface area contributed by atoms with Crippen molar-refractivity contribution in [2.45, 2.75) is 18.6 Å². The van der Waals surface area contributed by atoms with E-state index in [1.54, 1.807) is 0 Å². The molecule has 20 heavy (non-hydrogen) atoms. The van der Waals surface area contributed by atoms with Gasteiger partial charge in [-0.25, -0.2) is 9.59 Å². The van der Waals surface area contributed by atoms with E-state index in [2.05, 4.69) is 0 Å². The van der Waals surface area contributed by atoms with E-state index in [4.69, 9.17) is 19.3 Å². The second-order valence-corrected chi connectivity index (χ2v) is 4.89. The molecule has 2 unspecified atom stereocenters. The van der Waals surface area contributed by atoms with Crippen molar-refractivity contribution in [1.29, 1.82) is 0 Å². The predicted molar refractivity (Wildman–Crippen MR) is 66.9 cm³/mol. The van der Waals surface area contributed by atoms with Crippen molar-refractivity contribution in [3.63, 3.8) is 0 Å². The molecule has 2 saturated heterocycles. The number of ether oxygens (including phenoxy) is 3. The Balaban J connectivity index is 1.78. The number of benzene rings is 1. The first-order chi connectivity index (χ1) is 9.63. The standard InChI is InChI=1S/C14H14O6/c15-13(16)8-1-2-12(9(3-8)4-10-5-18-10)14(17)20-7-11-6-19-11/h1-3,10-11H,4-7H2,(H,15,16). The fourth-order valence-electron chi connectivity index (χ4n) is 1.94. The molecule has 2 aliphatic heterocycles. The van der Waals surface area contributed by atoms with E-state index >= 15 is 0 Å². The van der Waals surface area contributed by atoms with Crippen LogP contribution in [0.25, 0.3) is 0 Å². The summed E-state index contributed by atoms with van der Waals surface area (Å²) in [7, 11) is 0. The SMILES string of the molecule is O=C(O)c1ccc(C(=O)OCC2CO2)c(CC2CO2)c1. The number of carbonyl (C=O) groups is 2. The first kappa shape index (κ1) is 13.1. The Morgan fingerprint density at radius 1 is 1.25 bits per heavy atom. The van der Waals surface area contributed by atoms with Crippen molar-refractivity contribution >= 4 is 11.9 Å². The zero-order valence-electron chi connectivity index (χ0n) is 10.7. The Bertz CT molecular complexity index is 545. The van der Waals surface area contributed by atoms with Crippen LogP contribution in [0.3, 0.4) is 0 Å². The highest BCUT2D eigenvalue weighted by molar-refractivity contribution is 5.94. The molecule has 0 spiro atoms. The summed E-state index contributed by atoms with van der Waals surface area (Å²) in [5, 5.41) is 9.01. The lowest BCUT2D eigenvalue weighted by Crippen LogP contribution is -2.14. The summed E-state index contributed by atoms with van der Waals surface area (Å²) in [4.78, 5) is 23.0. The third-order valence-electron chi connectivity index (χ3n) is 3.22. The summed E-state index contributed by atoms with van der Waals surface area (Å²) in [5.74, 6) is -1.47. The molecule has 106 valence electrons. The Hall–Kier alpha value is -1.92. The smallest absolute Gasteiger partial charge is 0.338 e. The lowest BCUT2D eigenvalue weighted by molar-refractivity contribution is 0.0474. The molecule has 1 aromatic carbocycles. The average Bonchev–Trinajstić information content (AvgIpc) is 3.30. The molecule has 0 radical (unpaired) electrons. The molecule has 3 rings (SSSR count). The molecular formula is C14H14O6. The number of rotatable bonds is 6. The highest BCUT2D eigenvalue weighted by Gasteiger charge is 2.28. The lowest BCUT2D eigenvalue weighted by Gasteiger charge is -2.09. The van der Waals surface area contributed by atoms with E-state index in [-0.39, 0.29) is 24.4 Å². The van der Waals surface area contributed by atoms with Crippen LogP contribution < -0.4 is 0 Å². The van der Waals surface area contributed by atoms with E-state index < -0.39 is 11.9 Å². The van der Waals surface area contributed by atoms with Crippen LogP contribution in [0.15, 0.2) is 18.2 Å². The Labute approximate surface area is 115 Å². The maximum atomic E-state index is 12.0. The van der Waals surface area contributed by atoms with Gasteiger partial charge in [-0.15, -0.1) is 0 Å². The summed E-state index contributed by atoms with van der Waals surface area (Å²) in [6.45, 7) is 1.49. The molecule has 0 amide bonds. The van der Waals surface area contributed by atoms with Crippen molar-refractivity contribution in [2.24, 2.45) is 0 Å². The molecular weight excluding hydrogens is 264 g/mol. The van der Waals surface area contributed by atoms with Crippen LogP contribution >= 0.6 is 0 Å². The van der Waals surface area contributed by atoms with Gasteiger partial charge >= 0.3 is 11.9 Å². The van der Waals surface area contributed by atoms with Crippen LogP contribution in [0.5, 0.6) is 0 Å². The molecule has 6 heteroatoms. The minimum absolute atomic E-state index is 0.00691. The maximum Gasteiger partial charge on any atom is 0.338 e. The van der Waals surface area contributed by atoms with E-state index in [0.29, 0.717) is 30.8 Å². The molecule has 1 aromatic rings. The van der Waals surface area contributed by atoms with Crippen molar-refractivity contribution in [2.75, 3.05) is 19.8 Å². The topological polar surface area (TPSA) is 88.7 Å². The molecule has 2 heterocycles. The van der Waals surface area contributed by atoms with Gasteiger partial charge in [0.1, 0.15) is 12.7 Å². The number of carbonyl (C=O) groups excluding carboxylic acids is 1. The van der Waals surface area contributed by atoms with E-state index in [1.165, 1.54) is 18.2 Å². The fourth-order valence-corrected chi connectivity index (χ4v) is 1.94. The number of hydrogen-bond donors (Lipinski definition) is 1. The van der Waals surface area contributed by atoms with Gasteiger partial charge in [-0.1, -0.05) is 0 Å². The van der Waals surface area contributed by atoms with Crippen LogP contribution in [0.2, 0.25) is 0 Å². The number of aromatic carboxylic acids is 1. The van der Waals surface area contributed by atoms with Gasteiger partial charge < -0.3 is 19.3 Å². The number of carboxylic acid groups (broad SMARTS) is 1. The number of carboxylic acids is 1. The average molecular weight is 278 g/mol. The number of hydrogen-bond acceptors (Lipinski definition) is 5. The summed E-state index contributed by atoms with van der Waals surface area (Å²) >= 11 is 0. The van der Waals surface area contributed by atoms with Crippen LogP contribution in [-0.2, 0) is 20.6 Å². The van der Waals surface area contributed by atoms with Gasteiger partial charge in [-0.2, -0.15) is 0 Å². The number of epoxide rings is 2. The number of esters is 1. The Morgan fingerprint density at radius 2 is 1.95 bits per heavy atom. The van der Waals surface area contributed by atoms with Crippen LogP contribution in [0, 0.1) is 0 Å².